The van der Waals surface area contributed by atoms with Gasteiger partial charge in [0.2, 0.25) is 0 Å². The molecule has 2 rings (SSSR count). The largest absolute Gasteiger partial charge is 0.457 e. The summed E-state index contributed by atoms with van der Waals surface area (Å²) in [4.78, 5) is 30.5. The molecule has 0 saturated heterocycles. The number of allylic oxidation sites excluding steroid dienone is 1. The van der Waals surface area contributed by atoms with Gasteiger partial charge in [0.1, 0.15) is 11.9 Å². The Balaban J connectivity index is 2.33. The predicted molar refractivity (Wildman–Crippen MR) is 136 cm³/mol. The van der Waals surface area contributed by atoms with Gasteiger partial charge in [-0.25, -0.2) is 4.98 Å². The summed E-state index contributed by atoms with van der Waals surface area (Å²) in [5.41, 5.74) is 1.71. The Morgan fingerprint density at radius 3 is 2.53 bits per heavy atom. The molecule has 0 saturated carbocycles. The molecule has 2 heterocycles. The average molecular weight is 492 g/mol. The summed E-state index contributed by atoms with van der Waals surface area (Å²) in [7, 11) is 0. The number of esters is 1. The molecule has 0 aliphatic carbocycles. The van der Waals surface area contributed by atoms with Gasteiger partial charge in [-0.05, 0) is 57.6 Å². The van der Waals surface area contributed by atoms with Crippen LogP contribution in [-0.2, 0) is 14.3 Å². The Hall–Kier alpha value is -1.83. The number of thiazole rings is 1. The first kappa shape index (κ1) is 28.4. The lowest BCUT2D eigenvalue weighted by Gasteiger charge is -2.34. The Kier molecular flexibility index (Phi) is 10.2. The molecular weight excluding hydrogens is 450 g/mol. The minimum absolute atomic E-state index is 0.0444. The van der Waals surface area contributed by atoms with E-state index < -0.39 is 35.6 Å². The van der Waals surface area contributed by atoms with Crippen LogP contribution in [0.4, 0.5) is 0 Å². The second kappa shape index (κ2) is 12.2. The van der Waals surface area contributed by atoms with Crippen LogP contribution in [0.3, 0.4) is 0 Å². The Morgan fingerprint density at radius 2 is 1.91 bits per heavy atom. The number of carbonyl (C=O) groups is 2. The second-order valence-corrected chi connectivity index (χ2v) is 11.5. The molecular formula is C27H41NO5S. The number of aromatic nitrogens is 1. The highest BCUT2D eigenvalue weighted by atomic mass is 32.1. The van der Waals surface area contributed by atoms with Crippen molar-refractivity contribution in [3.63, 3.8) is 0 Å². The first-order valence-electron chi connectivity index (χ1n) is 12.2. The number of ether oxygens (including phenoxy) is 1. The fraction of sp³-hybridized carbons (Fsp3) is 0.667. The molecule has 0 fully saturated rings. The molecule has 34 heavy (non-hydrogen) atoms. The van der Waals surface area contributed by atoms with Crippen LogP contribution in [-0.4, -0.2) is 45.3 Å². The van der Waals surface area contributed by atoms with E-state index in [4.69, 9.17) is 4.74 Å². The molecule has 5 atom stereocenters. The number of aryl methyl sites for hydroxylation is 1. The van der Waals surface area contributed by atoms with Gasteiger partial charge in [0.25, 0.3) is 0 Å². The summed E-state index contributed by atoms with van der Waals surface area (Å²) < 4.78 is 5.81. The fourth-order valence-electron chi connectivity index (χ4n) is 4.40. The van der Waals surface area contributed by atoms with Crippen LogP contribution in [0.1, 0.15) is 84.3 Å². The number of hydrogen-bond acceptors (Lipinski definition) is 7. The van der Waals surface area contributed by atoms with Crippen molar-refractivity contribution in [2.24, 2.45) is 17.3 Å². The Morgan fingerprint density at radius 1 is 1.24 bits per heavy atom. The van der Waals surface area contributed by atoms with E-state index in [1.54, 1.807) is 32.1 Å². The molecule has 1 aromatic rings. The fourth-order valence-corrected chi connectivity index (χ4v) is 4.97. The van der Waals surface area contributed by atoms with Crippen molar-refractivity contribution in [3.8, 4) is 0 Å². The third-order valence-corrected chi connectivity index (χ3v) is 7.83. The number of cyclic esters (lactones) is 1. The minimum Gasteiger partial charge on any atom is -0.457 e. The number of rotatable bonds is 2. The van der Waals surface area contributed by atoms with Gasteiger partial charge in [0.05, 0.1) is 34.7 Å². The highest BCUT2D eigenvalue weighted by Crippen LogP contribution is 2.32. The normalized spacial score (nSPS) is 32.1. The van der Waals surface area contributed by atoms with E-state index in [-0.39, 0.29) is 18.1 Å². The number of nitrogens with zero attached hydrogens (tertiary/aromatic N) is 1. The molecule has 1 aromatic heterocycles. The number of Topliss-reactive ketones (excluding diaryl/α,β-unsaturated/α-hetero) is 1. The van der Waals surface area contributed by atoms with E-state index in [1.165, 1.54) is 5.57 Å². The van der Waals surface area contributed by atoms with Crippen molar-refractivity contribution in [2.75, 3.05) is 0 Å². The summed E-state index contributed by atoms with van der Waals surface area (Å²) in [5.74, 6) is -1.49. The topological polar surface area (TPSA) is 96.7 Å². The number of hydrogen-bond donors (Lipinski definition) is 2. The summed E-state index contributed by atoms with van der Waals surface area (Å²) in [6.45, 7) is 12.8. The molecule has 6 nitrogen and oxygen atoms in total. The maximum absolute atomic E-state index is 13.2. The maximum atomic E-state index is 13.2. The summed E-state index contributed by atoms with van der Waals surface area (Å²) in [6.07, 6.45) is 4.33. The molecule has 2 N–H and O–H groups in total. The van der Waals surface area contributed by atoms with E-state index >= 15 is 0 Å². The van der Waals surface area contributed by atoms with E-state index in [1.807, 2.05) is 32.2 Å². The number of ketones is 1. The zero-order valence-corrected chi connectivity index (χ0v) is 22.4. The minimum atomic E-state index is -1.21. The maximum Gasteiger partial charge on any atom is 0.309 e. The standard InChI is InChI=1S/C27H41NO5S/c1-16-9-8-10-17(2)25(31)19(4)26(32)27(6,7)23(29)14-24(30)33-22(12-11-16)18(3)13-21-15-34-20(5)28-21/h11,13,15,17,19,22-23,25,29,31H,8-10,12,14H2,1-7H3/b16-11-,18-13+/t17-,19-,22+,23+,25?/m1/s1. The molecule has 0 amide bonds. The molecule has 1 aliphatic heterocycles. The van der Waals surface area contributed by atoms with Crippen molar-refractivity contribution in [2.45, 2.75) is 98.9 Å². The lowest BCUT2D eigenvalue weighted by molar-refractivity contribution is -0.154. The van der Waals surface area contributed by atoms with Crippen LogP contribution < -0.4 is 0 Å². The van der Waals surface area contributed by atoms with Crippen LogP contribution in [0, 0.1) is 24.2 Å². The first-order chi connectivity index (χ1) is 15.8. The monoisotopic (exact) mass is 491 g/mol. The van der Waals surface area contributed by atoms with Crippen LogP contribution in [0.5, 0.6) is 0 Å². The van der Waals surface area contributed by atoms with Crippen LogP contribution in [0.25, 0.3) is 6.08 Å². The van der Waals surface area contributed by atoms with E-state index in [0.29, 0.717) is 6.42 Å². The smallest absolute Gasteiger partial charge is 0.309 e. The van der Waals surface area contributed by atoms with Gasteiger partial charge >= 0.3 is 5.97 Å². The molecule has 1 unspecified atom stereocenters. The molecule has 0 aromatic carbocycles. The molecule has 0 spiro atoms. The third kappa shape index (κ3) is 7.59. The van der Waals surface area contributed by atoms with Crippen molar-refractivity contribution >= 4 is 29.2 Å². The van der Waals surface area contributed by atoms with Crippen LogP contribution >= 0.6 is 11.3 Å². The SMILES string of the molecule is C/C1=C/C[C@@H](/C(C)=C/c2csc(C)n2)OC(=O)C[C@H](O)C(C)(C)C(=O)[C@H](C)C(O)[C@H](C)CCC1. The quantitative estimate of drug-likeness (QED) is 0.432. The van der Waals surface area contributed by atoms with Gasteiger partial charge in [0, 0.05) is 17.7 Å². The number of aliphatic hydroxyl groups excluding tert-OH is 2. The van der Waals surface area contributed by atoms with Gasteiger partial charge < -0.3 is 14.9 Å². The van der Waals surface area contributed by atoms with Crippen molar-refractivity contribution < 1.29 is 24.5 Å². The predicted octanol–water partition coefficient (Wildman–Crippen LogP) is 5.27. The van der Waals surface area contributed by atoms with Crippen molar-refractivity contribution in [1.29, 1.82) is 0 Å². The third-order valence-electron chi connectivity index (χ3n) is 7.04. The number of carbonyl (C=O) groups excluding carboxylic acids is 2. The average Bonchev–Trinajstić information content (AvgIpc) is 3.18. The van der Waals surface area contributed by atoms with E-state index in [9.17, 15) is 19.8 Å². The van der Waals surface area contributed by atoms with Gasteiger partial charge in [-0.2, -0.15) is 0 Å². The molecule has 0 bridgehead atoms. The lowest BCUT2D eigenvalue weighted by Crippen LogP contribution is -2.45. The Labute approximate surface area is 208 Å². The lowest BCUT2D eigenvalue weighted by atomic mass is 9.73. The summed E-state index contributed by atoms with van der Waals surface area (Å²) >= 11 is 1.56. The molecule has 0 radical (unpaired) electrons. The first-order valence-corrected chi connectivity index (χ1v) is 13.1. The van der Waals surface area contributed by atoms with E-state index in [2.05, 4.69) is 18.0 Å². The second-order valence-electron chi connectivity index (χ2n) is 10.4. The van der Waals surface area contributed by atoms with Crippen molar-refractivity contribution in [1.82, 2.24) is 4.98 Å². The zero-order chi connectivity index (χ0) is 25.6. The highest BCUT2D eigenvalue weighted by Gasteiger charge is 2.42. The molecule has 190 valence electrons. The summed E-state index contributed by atoms with van der Waals surface area (Å²) in [6, 6.07) is 0. The Bertz CT molecular complexity index is 916. The zero-order valence-electron chi connectivity index (χ0n) is 21.6. The van der Waals surface area contributed by atoms with Crippen molar-refractivity contribution in [3.05, 3.63) is 33.3 Å². The molecule has 7 heteroatoms. The summed E-state index contributed by atoms with van der Waals surface area (Å²) in [5, 5.41) is 24.5. The van der Waals surface area contributed by atoms with E-state index in [0.717, 1.165) is 35.5 Å². The van der Waals surface area contributed by atoms with Gasteiger partial charge in [-0.15, -0.1) is 11.3 Å². The number of aliphatic hydroxyl groups is 2. The van der Waals surface area contributed by atoms with Gasteiger partial charge in [-0.3, -0.25) is 9.59 Å². The highest BCUT2D eigenvalue weighted by molar-refractivity contribution is 7.09. The van der Waals surface area contributed by atoms with Gasteiger partial charge in [0.15, 0.2) is 0 Å². The van der Waals surface area contributed by atoms with Crippen LogP contribution in [0.2, 0.25) is 0 Å². The molecule has 1 aliphatic rings. The van der Waals surface area contributed by atoms with Gasteiger partial charge in [-0.1, -0.05) is 39.3 Å². The van der Waals surface area contributed by atoms with Crippen LogP contribution in [0.15, 0.2) is 22.6 Å².